The third-order valence-corrected chi connectivity index (χ3v) is 7.42. The molecule has 0 fully saturated rings. The van der Waals surface area contributed by atoms with Gasteiger partial charge in [0.15, 0.2) is 0 Å². The number of amides is 2. The van der Waals surface area contributed by atoms with Crippen molar-refractivity contribution in [1.82, 2.24) is 30.5 Å². The van der Waals surface area contributed by atoms with Gasteiger partial charge in [-0.25, -0.2) is 15.0 Å². The van der Waals surface area contributed by atoms with Crippen molar-refractivity contribution in [2.45, 2.75) is 12.8 Å². The molecule has 0 spiro atoms. The number of para-hydroxylation sites is 4. The summed E-state index contributed by atoms with van der Waals surface area (Å²) in [5.74, 6) is -0.235. The number of fused-ring (bicyclic) bond motifs is 4. The van der Waals surface area contributed by atoms with E-state index in [0.29, 0.717) is 35.2 Å². The third-order valence-electron chi connectivity index (χ3n) is 7.42. The van der Waals surface area contributed by atoms with Crippen LogP contribution in [-0.2, 0) is 0 Å². The number of nitrogens with zero attached hydrogens (tertiary/aromatic N) is 4. The smallest absolute Gasteiger partial charge is 0.253 e. The minimum Gasteiger partial charge on any atom is -0.352 e. The Morgan fingerprint density at radius 1 is 0.619 bits per heavy atom. The van der Waals surface area contributed by atoms with E-state index in [2.05, 4.69) is 27.6 Å². The molecule has 0 aliphatic rings. The number of rotatable bonds is 10. The number of carbonyl (C=O) groups excluding carboxylic acids is 2. The molecule has 0 atom stereocenters. The van der Waals surface area contributed by atoms with Gasteiger partial charge in [0.05, 0.1) is 33.1 Å². The fraction of sp³-hybridized carbons (Fsp3) is 0.206. The molecule has 0 aliphatic heterocycles. The van der Waals surface area contributed by atoms with Crippen LogP contribution in [0.15, 0.2) is 91.0 Å². The Morgan fingerprint density at radius 2 is 1.17 bits per heavy atom. The fourth-order valence-corrected chi connectivity index (χ4v) is 5.23. The molecule has 0 aliphatic carbocycles. The molecule has 4 aromatic carbocycles. The molecular formula is C34H32N6O2. The molecule has 6 aromatic rings. The highest BCUT2D eigenvalue weighted by molar-refractivity contribution is 6.08. The highest BCUT2D eigenvalue weighted by Gasteiger charge is 2.14. The molecule has 2 heterocycles. The van der Waals surface area contributed by atoms with E-state index in [9.17, 15) is 9.59 Å². The number of carbonyl (C=O) groups is 2. The number of pyridine rings is 1. The SMILES string of the molecule is CN(CCCNC(=O)c1cccc2nc3ccccc3cc12)CCCNC(=O)c1cccc2nc3ccccc3nc12. The standard InChI is InChI=1S/C34H32N6O2/c1-40(20-8-18-35-33(41)24-11-6-16-28-26(24)22-23-10-2-3-13-27(23)37-28)21-9-19-36-34(42)25-12-7-17-31-32(25)39-30-15-5-4-14-29(30)38-31/h2-7,10-17,22H,8-9,18-21H2,1H3,(H,35,41)(H,36,42). The van der Waals surface area contributed by atoms with Crippen molar-refractivity contribution < 1.29 is 9.59 Å². The highest BCUT2D eigenvalue weighted by Crippen LogP contribution is 2.23. The Morgan fingerprint density at radius 3 is 1.90 bits per heavy atom. The first kappa shape index (κ1) is 27.2. The molecule has 2 aromatic heterocycles. The van der Waals surface area contributed by atoms with Gasteiger partial charge in [-0.2, -0.15) is 0 Å². The predicted octanol–water partition coefficient (Wildman–Crippen LogP) is 5.36. The summed E-state index contributed by atoms with van der Waals surface area (Å²) in [5, 5.41) is 7.96. The van der Waals surface area contributed by atoms with Crippen LogP contribution < -0.4 is 10.6 Å². The zero-order valence-corrected chi connectivity index (χ0v) is 23.5. The molecule has 8 heteroatoms. The number of hydrogen-bond acceptors (Lipinski definition) is 6. The average molecular weight is 557 g/mol. The van der Waals surface area contributed by atoms with Gasteiger partial charge in [-0.3, -0.25) is 9.59 Å². The van der Waals surface area contributed by atoms with Crippen molar-refractivity contribution in [2.24, 2.45) is 0 Å². The molecule has 0 bridgehead atoms. The molecule has 6 rings (SSSR count). The summed E-state index contributed by atoms with van der Waals surface area (Å²) >= 11 is 0. The summed E-state index contributed by atoms with van der Waals surface area (Å²) < 4.78 is 0. The van der Waals surface area contributed by atoms with Crippen molar-refractivity contribution in [1.29, 1.82) is 0 Å². The quantitative estimate of drug-likeness (QED) is 0.174. The minimum absolute atomic E-state index is 0.0887. The molecule has 0 saturated carbocycles. The van der Waals surface area contributed by atoms with E-state index in [1.54, 1.807) is 6.07 Å². The number of benzene rings is 4. The molecule has 2 N–H and O–H groups in total. The second kappa shape index (κ2) is 12.3. The van der Waals surface area contributed by atoms with E-state index >= 15 is 0 Å². The first-order valence-corrected chi connectivity index (χ1v) is 14.3. The Kier molecular flexibility index (Phi) is 7.96. The maximum atomic E-state index is 13.0. The molecular weight excluding hydrogens is 524 g/mol. The van der Waals surface area contributed by atoms with Crippen LogP contribution in [0.4, 0.5) is 0 Å². The van der Waals surface area contributed by atoms with Crippen LogP contribution in [0.1, 0.15) is 33.6 Å². The topological polar surface area (TPSA) is 100 Å². The molecule has 0 saturated heterocycles. The lowest BCUT2D eigenvalue weighted by Crippen LogP contribution is -2.31. The van der Waals surface area contributed by atoms with Crippen LogP contribution in [0.2, 0.25) is 0 Å². The summed E-state index contributed by atoms with van der Waals surface area (Å²) in [7, 11) is 2.05. The fourth-order valence-electron chi connectivity index (χ4n) is 5.23. The van der Waals surface area contributed by atoms with Crippen molar-refractivity contribution in [3.8, 4) is 0 Å². The van der Waals surface area contributed by atoms with Gasteiger partial charge in [0, 0.05) is 29.4 Å². The van der Waals surface area contributed by atoms with Gasteiger partial charge in [0.25, 0.3) is 11.8 Å². The Labute approximate surface area is 243 Å². The van der Waals surface area contributed by atoms with E-state index in [0.717, 1.165) is 58.8 Å². The van der Waals surface area contributed by atoms with Gasteiger partial charge in [0.2, 0.25) is 0 Å². The lowest BCUT2D eigenvalue weighted by Gasteiger charge is -2.17. The number of hydrogen-bond donors (Lipinski definition) is 2. The molecule has 8 nitrogen and oxygen atoms in total. The largest absolute Gasteiger partial charge is 0.352 e. The maximum Gasteiger partial charge on any atom is 0.253 e. The summed E-state index contributed by atoms with van der Waals surface area (Å²) in [4.78, 5) is 42.2. The highest BCUT2D eigenvalue weighted by atomic mass is 16.2. The van der Waals surface area contributed by atoms with Gasteiger partial charge in [-0.15, -0.1) is 0 Å². The molecule has 0 radical (unpaired) electrons. The average Bonchev–Trinajstić information content (AvgIpc) is 3.02. The van der Waals surface area contributed by atoms with Crippen molar-refractivity contribution in [3.05, 3.63) is 102 Å². The Hall–Kier alpha value is -4.95. The van der Waals surface area contributed by atoms with E-state index in [1.165, 1.54) is 0 Å². The van der Waals surface area contributed by atoms with E-state index < -0.39 is 0 Å². The Bertz CT molecular complexity index is 1780. The summed E-state index contributed by atoms with van der Waals surface area (Å²) in [5.41, 5.74) is 5.80. The normalized spacial score (nSPS) is 11.5. The second-order valence-corrected chi connectivity index (χ2v) is 10.5. The summed E-state index contributed by atoms with van der Waals surface area (Å²) in [6.45, 7) is 2.80. The van der Waals surface area contributed by atoms with E-state index in [1.807, 2.05) is 84.9 Å². The third kappa shape index (κ3) is 5.89. The van der Waals surface area contributed by atoms with Gasteiger partial charge >= 0.3 is 0 Å². The predicted molar refractivity (Wildman–Crippen MR) is 168 cm³/mol. The molecule has 0 unspecified atom stereocenters. The van der Waals surface area contributed by atoms with Crippen molar-refractivity contribution >= 4 is 55.7 Å². The number of aromatic nitrogens is 3. The molecule has 2 amide bonds. The molecule has 210 valence electrons. The zero-order valence-electron chi connectivity index (χ0n) is 23.5. The summed E-state index contributed by atoms with van der Waals surface area (Å²) in [6, 6.07) is 28.8. The first-order chi connectivity index (χ1) is 20.6. The van der Waals surface area contributed by atoms with Crippen LogP contribution in [0.3, 0.4) is 0 Å². The van der Waals surface area contributed by atoms with Crippen LogP contribution in [0.25, 0.3) is 43.9 Å². The lowest BCUT2D eigenvalue weighted by molar-refractivity contribution is 0.0947. The zero-order chi connectivity index (χ0) is 28.9. The minimum atomic E-state index is -0.146. The van der Waals surface area contributed by atoms with Crippen LogP contribution in [0.5, 0.6) is 0 Å². The van der Waals surface area contributed by atoms with E-state index in [4.69, 9.17) is 9.97 Å². The van der Waals surface area contributed by atoms with E-state index in [-0.39, 0.29) is 11.8 Å². The van der Waals surface area contributed by atoms with Crippen molar-refractivity contribution in [3.63, 3.8) is 0 Å². The van der Waals surface area contributed by atoms with Gasteiger partial charge in [0.1, 0.15) is 5.52 Å². The van der Waals surface area contributed by atoms with Crippen LogP contribution in [-0.4, -0.2) is 64.9 Å². The number of nitrogens with one attached hydrogen (secondary N) is 2. The van der Waals surface area contributed by atoms with Crippen molar-refractivity contribution in [2.75, 3.05) is 33.2 Å². The van der Waals surface area contributed by atoms with Crippen LogP contribution >= 0.6 is 0 Å². The second-order valence-electron chi connectivity index (χ2n) is 10.5. The van der Waals surface area contributed by atoms with Crippen LogP contribution in [0, 0.1) is 0 Å². The summed E-state index contributed by atoms with van der Waals surface area (Å²) in [6.07, 6.45) is 1.63. The van der Waals surface area contributed by atoms with Gasteiger partial charge in [-0.05, 0) is 81.5 Å². The first-order valence-electron chi connectivity index (χ1n) is 14.3. The monoisotopic (exact) mass is 556 g/mol. The van der Waals surface area contributed by atoms with Gasteiger partial charge < -0.3 is 15.5 Å². The lowest BCUT2D eigenvalue weighted by atomic mass is 10.0. The molecule has 42 heavy (non-hydrogen) atoms. The van der Waals surface area contributed by atoms with Gasteiger partial charge in [-0.1, -0.05) is 42.5 Å². The maximum absolute atomic E-state index is 13.0. The Balaban J connectivity index is 0.956.